The fourth-order valence-electron chi connectivity index (χ4n) is 3.56. The summed E-state index contributed by atoms with van der Waals surface area (Å²) in [7, 11) is 0. The predicted molar refractivity (Wildman–Crippen MR) is 127 cm³/mol. The maximum atomic E-state index is 12.4. The third kappa shape index (κ3) is 8.74. The molecule has 1 amide bonds. The Morgan fingerprint density at radius 1 is 1.00 bits per heavy atom. The minimum atomic E-state index is -1.04. The Bertz CT molecular complexity index is 803. The molecule has 0 fully saturated rings. The summed E-state index contributed by atoms with van der Waals surface area (Å²) in [6.45, 7) is 4.17. The molecule has 5 nitrogen and oxygen atoms in total. The van der Waals surface area contributed by atoms with Gasteiger partial charge in [-0.05, 0) is 30.9 Å². The van der Waals surface area contributed by atoms with Crippen molar-refractivity contribution >= 4 is 28.4 Å². The molecule has 1 aromatic carbocycles. The van der Waals surface area contributed by atoms with Gasteiger partial charge in [-0.2, -0.15) is 0 Å². The van der Waals surface area contributed by atoms with Crippen LogP contribution in [-0.4, -0.2) is 17.2 Å². The molecule has 0 aliphatic rings. The summed E-state index contributed by atoms with van der Waals surface area (Å²) < 4.78 is 5.55. The highest BCUT2D eigenvalue weighted by molar-refractivity contribution is 7.16. The fourth-order valence-corrected chi connectivity index (χ4v) is 4.63. The van der Waals surface area contributed by atoms with Crippen LogP contribution in [-0.2, 0) is 11.2 Å². The molecular weight excluding hydrogens is 410 g/mol. The maximum absolute atomic E-state index is 12.4. The number of unbranched alkanes of at least 4 members (excludes halogenated alkanes) is 7. The number of hydrogen-bond acceptors (Lipinski definition) is 4. The molecule has 0 aliphatic carbocycles. The molecule has 0 aliphatic heterocycles. The van der Waals surface area contributed by atoms with E-state index >= 15 is 0 Å². The van der Waals surface area contributed by atoms with Crippen molar-refractivity contribution in [3.05, 3.63) is 52.4 Å². The van der Waals surface area contributed by atoms with Crippen LogP contribution in [0.15, 0.2) is 36.4 Å². The zero-order valence-corrected chi connectivity index (χ0v) is 19.5. The fraction of sp³-hybridized carbons (Fsp3) is 0.520. The first kappa shape index (κ1) is 24.9. The van der Waals surface area contributed by atoms with E-state index in [2.05, 4.69) is 12.2 Å². The maximum Gasteiger partial charge on any atom is 0.412 e. The van der Waals surface area contributed by atoms with E-state index in [4.69, 9.17) is 4.74 Å². The second kappa shape index (κ2) is 13.9. The van der Waals surface area contributed by atoms with Gasteiger partial charge >= 0.3 is 12.1 Å². The van der Waals surface area contributed by atoms with E-state index in [1.165, 1.54) is 49.9 Å². The highest BCUT2D eigenvalue weighted by Gasteiger charge is 2.20. The number of aromatic carboxylic acids is 1. The van der Waals surface area contributed by atoms with Gasteiger partial charge in [0.1, 0.15) is 11.1 Å². The van der Waals surface area contributed by atoms with E-state index in [0.29, 0.717) is 11.4 Å². The van der Waals surface area contributed by atoms with Gasteiger partial charge in [-0.25, -0.2) is 9.59 Å². The summed E-state index contributed by atoms with van der Waals surface area (Å²) in [6, 6.07) is 11.2. The summed E-state index contributed by atoms with van der Waals surface area (Å²) in [5.74, 6) is -1.04. The monoisotopic (exact) mass is 445 g/mol. The van der Waals surface area contributed by atoms with Gasteiger partial charge in [-0.15, -0.1) is 11.3 Å². The van der Waals surface area contributed by atoms with Crippen molar-refractivity contribution in [3.63, 3.8) is 0 Å². The number of thiophene rings is 1. The Labute approximate surface area is 189 Å². The van der Waals surface area contributed by atoms with Crippen LogP contribution in [0.4, 0.5) is 9.80 Å². The number of anilines is 1. The Balaban J connectivity index is 1.86. The standard InChI is InChI=1S/C25H35NO4S/c1-3-5-6-7-8-9-10-14-17-20-18-21(24(27)28)23(31-20)26-25(29)30-22(4-2)19-15-12-11-13-16-19/h11-13,15-16,18,22H,3-10,14,17H2,1-2H3,(H,26,29)(H,27,28). The molecule has 31 heavy (non-hydrogen) atoms. The smallest absolute Gasteiger partial charge is 0.412 e. The molecule has 6 heteroatoms. The van der Waals surface area contributed by atoms with E-state index in [9.17, 15) is 14.7 Å². The molecule has 2 aromatic rings. The number of carboxylic acid groups (broad SMARTS) is 1. The summed E-state index contributed by atoms with van der Waals surface area (Å²) in [6.07, 6.45) is 10.3. The van der Waals surface area contributed by atoms with Crippen LogP contribution >= 0.6 is 11.3 Å². The molecule has 1 atom stereocenters. The van der Waals surface area contributed by atoms with E-state index < -0.39 is 12.1 Å². The molecule has 170 valence electrons. The molecule has 1 heterocycles. The molecule has 2 N–H and O–H groups in total. The lowest BCUT2D eigenvalue weighted by Gasteiger charge is -2.16. The van der Waals surface area contributed by atoms with Gasteiger partial charge in [-0.3, -0.25) is 5.32 Å². The zero-order chi connectivity index (χ0) is 22.5. The molecule has 0 bridgehead atoms. The van der Waals surface area contributed by atoms with Gasteiger partial charge in [0, 0.05) is 4.88 Å². The van der Waals surface area contributed by atoms with Crippen molar-refractivity contribution in [1.82, 2.24) is 0 Å². The highest BCUT2D eigenvalue weighted by atomic mass is 32.1. The van der Waals surface area contributed by atoms with E-state index in [-0.39, 0.29) is 11.7 Å². The van der Waals surface area contributed by atoms with E-state index in [1.807, 2.05) is 37.3 Å². The number of carbonyl (C=O) groups is 2. The van der Waals surface area contributed by atoms with E-state index in [0.717, 1.165) is 29.7 Å². The summed E-state index contributed by atoms with van der Waals surface area (Å²) in [4.78, 5) is 25.0. The molecule has 1 unspecified atom stereocenters. The van der Waals surface area contributed by atoms with E-state index in [1.54, 1.807) is 6.07 Å². The Morgan fingerprint density at radius 3 is 2.26 bits per heavy atom. The van der Waals surface area contributed by atoms with Crippen molar-refractivity contribution in [3.8, 4) is 0 Å². The molecule has 0 saturated carbocycles. The first-order valence-corrected chi connectivity index (χ1v) is 12.2. The quantitative estimate of drug-likeness (QED) is 0.291. The largest absolute Gasteiger partial charge is 0.478 e. The third-order valence-corrected chi connectivity index (χ3v) is 6.41. The first-order valence-electron chi connectivity index (χ1n) is 11.4. The SMILES string of the molecule is CCCCCCCCCCc1cc(C(=O)O)c(NC(=O)OC(CC)c2ccccc2)s1. The van der Waals surface area contributed by atoms with Crippen LogP contribution in [0.5, 0.6) is 0 Å². The number of benzene rings is 1. The predicted octanol–water partition coefficient (Wildman–Crippen LogP) is 7.83. The summed E-state index contributed by atoms with van der Waals surface area (Å²) in [5.41, 5.74) is 1.05. The van der Waals surface area contributed by atoms with Crippen molar-refractivity contribution in [2.24, 2.45) is 0 Å². The average molecular weight is 446 g/mol. The third-order valence-electron chi connectivity index (χ3n) is 5.30. The number of rotatable bonds is 14. The number of carboxylic acids is 1. The Hall–Kier alpha value is -2.34. The molecule has 1 aromatic heterocycles. The van der Waals surface area contributed by atoms with Crippen LogP contribution in [0.25, 0.3) is 0 Å². The van der Waals surface area contributed by atoms with Gasteiger partial charge in [0.25, 0.3) is 0 Å². The van der Waals surface area contributed by atoms with Gasteiger partial charge < -0.3 is 9.84 Å². The summed E-state index contributed by atoms with van der Waals surface area (Å²) >= 11 is 1.33. The number of ether oxygens (including phenoxy) is 1. The van der Waals surface area contributed by atoms with Crippen LogP contribution in [0, 0.1) is 0 Å². The highest BCUT2D eigenvalue weighted by Crippen LogP contribution is 2.30. The first-order chi connectivity index (χ1) is 15.0. The minimum Gasteiger partial charge on any atom is -0.478 e. The van der Waals surface area contributed by atoms with Crippen molar-refractivity contribution in [2.45, 2.75) is 84.2 Å². The van der Waals surface area contributed by atoms with Gasteiger partial charge in [0.2, 0.25) is 0 Å². The second-order valence-electron chi connectivity index (χ2n) is 7.82. The lowest BCUT2D eigenvalue weighted by molar-refractivity contribution is 0.0698. The second-order valence-corrected chi connectivity index (χ2v) is 8.96. The number of amides is 1. The lowest BCUT2D eigenvalue weighted by atomic mass is 10.1. The van der Waals surface area contributed by atoms with Gasteiger partial charge in [0.05, 0.1) is 5.56 Å². The van der Waals surface area contributed by atoms with Crippen LogP contribution in [0.2, 0.25) is 0 Å². The minimum absolute atomic E-state index is 0.129. The van der Waals surface area contributed by atoms with Crippen molar-refractivity contribution < 1.29 is 19.4 Å². The normalized spacial score (nSPS) is 11.8. The number of nitrogens with one attached hydrogen (secondary N) is 1. The zero-order valence-electron chi connectivity index (χ0n) is 18.7. The Kier molecular flexibility index (Phi) is 11.1. The molecule has 0 radical (unpaired) electrons. The van der Waals surface area contributed by atoms with Crippen molar-refractivity contribution in [1.29, 1.82) is 0 Å². The molecule has 0 spiro atoms. The molecular formula is C25H35NO4S. The topological polar surface area (TPSA) is 75.6 Å². The number of aryl methyl sites for hydroxylation is 1. The molecule has 0 saturated heterocycles. The Morgan fingerprint density at radius 2 is 1.65 bits per heavy atom. The van der Waals surface area contributed by atoms with Crippen molar-refractivity contribution in [2.75, 3.05) is 5.32 Å². The van der Waals surface area contributed by atoms with Crippen LogP contribution < -0.4 is 5.32 Å². The van der Waals surface area contributed by atoms with Gasteiger partial charge in [0.15, 0.2) is 0 Å². The van der Waals surface area contributed by atoms with Crippen LogP contribution in [0.3, 0.4) is 0 Å². The lowest BCUT2D eigenvalue weighted by Crippen LogP contribution is -2.17. The number of hydrogen-bond donors (Lipinski definition) is 2. The number of carbonyl (C=O) groups excluding carboxylic acids is 1. The summed E-state index contributed by atoms with van der Waals surface area (Å²) in [5, 5.41) is 12.5. The molecule has 2 rings (SSSR count). The van der Waals surface area contributed by atoms with Gasteiger partial charge in [-0.1, -0.05) is 89.1 Å². The average Bonchev–Trinajstić information content (AvgIpc) is 3.17. The van der Waals surface area contributed by atoms with Crippen LogP contribution in [0.1, 0.15) is 98.5 Å².